The second-order valence-corrected chi connectivity index (χ2v) is 3.82. The molecule has 0 spiro atoms. The molecule has 0 amide bonds. The van der Waals surface area contributed by atoms with Gasteiger partial charge in [-0.25, -0.2) is 9.67 Å². The number of nitrogens with zero attached hydrogens (tertiary/aromatic N) is 4. The van der Waals surface area contributed by atoms with Crippen molar-refractivity contribution < 1.29 is 14.0 Å². The van der Waals surface area contributed by atoms with Gasteiger partial charge in [-0.1, -0.05) is 35.5 Å². The van der Waals surface area contributed by atoms with E-state index in [2.05, 4.69) is 15.2 Å². The maximum Gasteiger partial charge on any atom is 0.292 e. The number of alkyl halides is 2. The van der Waals surface area contributed by atoms with Gasteiger partial charge in [0.1, 0.15) is 12.9 Å². The summed E-state index contributed by atoms with van der Waals surface area (Å²) in [5.74, 6) is -3.52. The lowest BCUT2D eigenvalue weighted by atomic mass is 10.1. The molecule has 2 rings (SSSR count). The molecule has 0 bridgehead atoms. The van der Waals surface area contributed by atoms with Crippen LogP contribution in [0.25, 0.3) is 0 Å². The van der Waals surface area contributed by atoms with Crippen molar-refractivity contribution >= 4 is 5.84 Å². The highest BCUT2D eigenvalue weighted by Gasteiger charge is 2.32. The highest BCUT2D eigenvalue weighted by molar-refractivity contribution is 5.93. The molecule has 0 aliphatic carbocycles. The van der Waals surface area contributed by atoms with Gasteiger partial charge in [0, 0.05) is 5.56 Å². The highest BCUT2D eigenvalue weighted by Crippen LogP contribution is 2.29. The predicted molar refractivity (Wildman–Crippen MR) is 62.9 cm³/mol. The van der Waals surface area contributed by atoms with Gasteiger partial charge in [0.15, 0.2) is 0 Å². The van der Waals surface area contributed by atoms with Crippen LogP contribution in [0.5, 0.6) is 0 Å². The zero-order chi connectivity index (χ0) is 13.9. The van der Waals surface area contributed by atoms with E-state index in [1.165, 1.54) is 24.3 Å². The summed E-state index contributed by atoms with van der Waals surface area (Å²) in [6, 6.07) is 7.40. The minimum absolute atomic E-state index is 0.105. The Kier molecular flexibility index (Phi) is 3.41. The van der Waals surface area contributed by atoms with Crippen molar-refractivity contribution in [3.63, 3.8) is 0 Å². The van der Waals surface area contributed by atoms with E-state index in [9.17, 15) is 8.78 Å². The summed E-state index contributed by atoms with van der Waals surface area (Å²) in [6.45, 7) is -0.678. The standard InChI is InChI=1S/C11H11F2N5O/c12-11(13,8-4-2-1-3-5-8)6-18-7-15-10(16-18)9(14)17-19/h1-5,7,19H,6H2,(H2,14,17). The maximum atomic E-state index is 13.9. The molecule has 6 nitrogen and oxygen atoms in total. The summed E-state index contributed by atoms with van der Waals surface area (Å²) in [5, 5.41) is 14.8. The van der Waals surface area contributed by atoms with Crippen molar-refractivity contribution in [3.8, 4) is 0 Å². The molecule has 1 aromatic heterocycles. The molecule has 0 saturated carbocycles. The van der Waals surface area contributed by atoms with Crippen molar-refractivity contribution in [1.82, 2.24) is 14.8 Å². The quantitative estimate of drug-likeness (QED) is 0.376. The van der Waals surface area contributed by atoms with Gasteiger partial charge in [0.25, 0.3) is 5.92 Å². The molecule has 0 atom stereocenters. The lowest BCUT2D eigenvalue weighted by molar-refractivity contribution is -0.0255. The number of nitrogens with two attached hydrogens (primary N) is 1. The molecule has 0 aliphatic heterocycles. The number of rotatable bonds is 4. The van der Waals surface area contributed by atoms with E-state index >= 15 is 0 Å². The number of hydrogen-bond acceptors (Lipinski definition) is 4. The van der Waals surface area contributed by atoms with Crippen LogP contribution in [-0.2, 0) is 12.5 Å². The van der Waals surface area contributed by atoms with Crippen LogP contribution >= 0.6 is 0 Å². The van der Waals surface area contributed by atoms with Gasteiger partial charge in [0.05, 0.1) is 0 Å². The summed E-state index contributed by atoms with van der Waals surface area (Å²) >= 11 is 0. The Balaban J connectivity index is 2.19. The number of halogens is 2. The van der Waals surface area contributed by atoms with E-state index in [-0.39, 0.29) is 17.2 Å². The lowest BCUT2D eigenvalue weighted by Crippen LogP contribution is -2.22. The normalized spacial score (nSPS) is 12.6. The van der Waals surface area contributed by atoms with E-state index < -0.39 is 12.5 Å². The van der Waals surface area contributed by atoms with Crippen LogP contribution in [0, 0.1) is 0 Å². The van der Waals surface area contributed by atoms with Crippen LogP contribution in [0.15, 0.2) is 41.8 Å². The molecule has 8 heteroatoms. The Morgan fingerprint density at radius 3 is 2.68 bits per heavy atom. The zero-order valence-electron chi connectivity index (χ0n) is 9.74. The van der Waals surface area contributed by atoms with Gasteiger partial charge in [-0.05, 0) is 0 Å². The average molecular weight is 267 g/mol. The third-order valence-corrected chi connectivity index (χ3v) is 2.43. The molecule has 0 aliphatic rings. The van der Waals surface area contributed by atoms with Crippen molar-refractivity contribution in [3.05, 3.63) is 48.0 Å². The summed E-state index contributed by atoms with van der Waals surface area (Å²) in [7, 11) is 0. The van der Waals surface area contributed by atoms with Crippen LogP contribution in [-0.4, -0.2) is 25.8 Å². The molecular formula is C11H11F2N5O. The average Bonchev–Trinajstić information content (AvgIpc) is 2.86. The third kappa shape index (κ3) is 2.84. The Bertz CT molecular complexity index is 582. The molecule has 1 aromatic carbocycles. The van der Waals surface area contributed by atoms with Gasteiger partial charge in [-0.2, -0.15) is 8.78 Å². The first-order valence-corrected chi connectivity index (χ1v) is 5.33. The summed E-state index contributed by atoms with van der Waals surface area (Å²) in [5.41, 5.74) is 5.14. The van der Waals surface area contributed by atoms with Crippen molar-refractivity contribution in [1.29, 1.82) is 0 Å². The molecule has 0 fully saturated rings. The SMILES string of the molecule is N/C(=N/O)c1ncn(CC(F)(F)c2ccccc2)n1. The van der Waals surface area contributed by atoms with Crippen LogP contribution in [0.3, 0.4) is 0 Å². The molecule has 19 heavy (non-hydrogen) atoms. The summed E-state index contributed by atoms with van der Waals surface area (Å²) in [6.07, 6.45) is 1.10. The molecule has 2 aromatic rings. The number of hydrogen-bond donors (Lipinski definition) is 2. The van der Waals surface area contributed by atoms with E-state index in [1.807, 2.05) is 0 Å². The monoisotopic (exact) mass is 267 g/mol. The van der Waals surface area contributed by atoms with Crippen molar-refractivity contribution in [2.24, 2.45) is 10.9 Å². The number of aromatic nitrogens is 3. The molecule has 0 unspecified atom stereocenters. The summed E-state index contributed by atoms with van der Waals surface area (Å²) < 4.78 is 28.8. The Morgan fingerprint density at radius 1 is 1.37 bits per heavy atom. The van der Waals surface area contributed by atoms with Gasteiger partial charge < -0.3 is 10.9 Å². The first-order chi connectivity index (χ1) is 9.03. The van der Waals surface area contributed by atoms with Crippen LogP contribution in [0.4, 0.5) is 8.78 Å². The van der Waals surface area contributed by atoms with Crippen LogP contribution in [0.1, 0.15) is 11.4 Å². The topological polar surface area (TPSA) is 89.3 Å². The minimum atomic E-state index is -3.09. The van der Waals surface area contributed by atoms with Crippen molar-refractivity contribution in [2.75, 3.05) is 0 Å². The molecule has 1 heterocycles. The zero-order valence-corrected chi connectivity index (χ0v) is 9.74. The number of benzene rings is 1. The lowest BCUT2D eigenvalue weighted by Gasteiger charge is -2.16. The van der Waals surface area contributed by atoms with Gasteiger partial charge in [-0.15, -0.1) is 5.10 Å². The Morgan fingerprint density at radius 2 is 2.05 bits per heavy atom. The molecule has 0 radical (unpaired) electrons. The van der Waals surface area contributed by atoms with Crippen LogP contribution < -0.4 is 5.73 Å². The van der Waals surface area contributed by atoms with Gasteiger partial charge in [0.2, 0.25) is 11.7 Å². The molecule has 3 N–H and O–H groups in total. The minimum Gasteiger partial charge on any atom is -0.409 e. The molecular weight excluding hydrogens is 256 g/mol. The third-order valence-electron chi connectivity index (χ3n) is 2.43. The van der Waals surface area contributed by atoms with Crippen molar-refractivity contribution in [2.45, 2.75) is 12.5 Å². The van der Waals surface area contributed by atoms with Crippen LogP contribution in [0.2, 0.25) is 0 Å². The maximum absolute atomic E-state index is 13.9. The predicted octanol–water partition coefficient (Wildman–Crippen LogP) is 1.16. The second kappa shape index (κ2) is 5.01. The summed E-state index contributed by atoms with van der Waals surface area (Å²) in [4.78, 5) is 3.67. The first kappa shape index (κ1) is 12.9. The fourth-order valence-corrected chi connectivity index (χ4v) is 1.51. The van der Waals surface area contributed by atoms with E-state index in [4.69, 9.17) is 10.9 Å². The Labute approximate surface area is 107 Å². The first-order valence-electron chi connectivity index (χ1n) is 5.33. The Hall–Kier alpha value is -2.51. The van der Waals surface area contributed by atoms with Gasteiger partial charge in [-0.3, -0.25) is 0 Å². The number of amidine groups is 1. The smallest absolute Gasteiger partial charge is 0.292 e. The molecule has 100 valence electrons. The largest absolute Gasteiger partial charge is 0.409 e. The highest BCUT2D eigenvalue weighted by atomic mass is 19.3. The van der Waals surface area contributed by atoms with E-state index in [0.717, 1.165) is 11.0 Å². The fraction of sp³-hybridized carbons (Fsp3) is 0.182. The van der Waals surface area contributed by atoms with E-state index in [1.54, 1.807) is 6.07 Å². The second-order valence-electron chi connectivity index (χ2n) is 3.82. The van der Waals surface area contributed by atoms with E-state index in [0.29, 0.717) is 0 Å². The molecule has 0 saturated heterocycles. The number of oxime groups is 1. The fourth-order valence-electron chi connectivity index (χ4n) is 1.51. The van der Waals surface area contributed by atoms with Gasteiger partial charge >= 0.3 is 0 Å².